The molecule has 0 aromatic heterocycles. The highest BCUT2D eigenvalue weighted by molar-refractivity contribution is 7.92. The minimum atomic E-state index is -3.45. The first-order chi connectivity index (χ1) is 11.3. The Balaban J connectivity index is 1.49. The minimum absolute atomic E-state index is 0.00583. The third kappa shape index (κ3) is 4.47. The third-order valence-corrected chi connectivity index (χ3v) is 9.04. The molecular weight excluding hydrogens is 354 g/mol. The van der Waals surface area contributed by atoms with Crippen molar-refractivity contribution in [3.63, 3.8) is 0 Å². The van der Waals surface area contributed by atoms with E-state index in [4.69, 9.17) is 0 Å². The van der Waals surface area contributed by atoms with Crippen molar-refractivity contribution in [2.45, 2.75) is 37.0 Å². The van der Waals surface area contributed by atoms with Gasteiger partial charge in [0.1, 0.15) is 9.84 Å². The van der Waals surface area contributed by atoms with E-state index in [0.29, 0.717) is 38.8 Å². The van der Waals surface area contributed by atoms with Gasteiger partial charge in [-0.1, -0.05) is 0 Å². The molecule has 0 radical (unpaired) electrons. The van der Waals surface area contributed by atoms with E-state index >= 15 is 0 Å². The summed E-state index contributed by atoms with van der Waals surface area (Å²) in [5.41, 5.74) is 0. The largest absolute Gasteiger partial charge is 0.352 e. The first kappa shape index (κ1) is 18.1. The Bertz CT molecular complexity index is 665. The van der Waals surface area contributed by atoms with Crippen molar-refractivity contribution in [2.24, 2.45) is 0 Å². The standard InChI is InChI=1S/C14H25N3O5S2/c18-14(15-12-1-2-12)11-16-5-7-17(8-6-16)24(21,22)13-3-9-23(19,20)10-4-13/h12-13H,1-11H2,(H,15,18). The predicted octanol–water partition coefficient (Wildman–Crippen LogP) is -1.21. The van der Waals surface area contributed by atoms with Crippen molar-refractivity contribution >= 4 is 25.8 Å². The smallest absolute Gasteiger partial charge is 0.234 e. The molecule has 0 bridgehead atoms. The molecule has 1 amide bonds. The van der Waals surface area contributed by atoms with E-state index in [1.165, 1.54) is 4.31 Å². The van der Waals surface area contributed by atoms with Crippen molar-refractivity contribution in [1.29, 1.82) is 0 Å². The fourth-order valence-corrected chi connectivity index (χ4v) is 6.94. The first-order valence-corrected chi connectivity index (χ1v) is 11.8. The number of carbonyl (C=O) groups excluding carboxylic acids is 1. The summed E-state index contributed by atoms with van der Waals surface area (Å²) in [6.07, 6.45) is 2.48. The molecule has 0 aromatic carbocycles. The number of sulfonamides is 1. The van der Waals surface area contributed by atoms with Crippen LogP contribution in [0.25, 0.3) is 0 Å². The van der Waals surface area contributed by atoms with E-state index in [1.54, 1.807) is 0 Å². The van der Waals surface area contributed by atoms with Crippen molar-refractivity contribution in [3.8, 4) is 0 Å². The molecule has 8 nitrogen and oxygen atoms in total. The second-order valence-electron chi connectivity index (χ2n) is 6.91. The lowest BCUT2D eigenvalue weighted by Gasteiger charge is -2.36. The van der Waals surface area contributed by atoms with E-state index in [9.17, 15) is 21.6 Å². The summed E-state index contributed by atoms with van der Waals surface area (Å²) >= 11 is 0. The highest BCUT2D eigenvalue weighted by atomic mass is 32.2. The van der Waals surface area contributed by atoms with E-state index < -0.39 is 25.1 Å². The van der Waals surface area contributed by atoms with Crippen LogP contribution < -0.4 is 5.32 Å². The van der Waals surface area contributed by atoms with E-state index in [0.717, 1.165) is 12.8 Å². The molecule has 0 atom stereocenters. The summed E-state index contributed by atoms with van der Waals surface area (Å²) in [4.78, 5) is 13.8. The van der Waals surface area contributed by atoms with Crippen molar-refractivity contribution < 1.29 is 21.6 Å². The molecule has 1 aliphatic carbocycles. The highest BCUT2D eigenvalue weighted by Gasteiger charge is 2.38. The molecule has 10 heteroatoms. The van der Waals surface area contributed by atoms with Gasteiger partial charge >= 0.3 is 0 Å². The molecule has 3 aliphatic rings. The van der Waals surface area contributed by atoms with Crippen molar-refractivity contribution in [2.75, 3.05) is 44.2 Å². The number of hydrogen-bond acceptors (Lipinski definition) is 6. The van der Waals surface area contributed by atoms with Gasteiger partial charge in [-0.2, -0.15) is 4.31 Å². The quantitative estimate of drug-likeness (QED) is 0.643. The van der Waals surface area contributed by atoms with Gasteiger partial charge in [-0.3, -0.25) is 9.69 Å². The van der Waals surface area contributed by atoms with Crippen LogP contribution in [-0.2, 0) is 24.7 Å². The Kier molecular flexibility index (Phi) is 5.19. The van der Waals surface area contributed by atoms with Gasteiger partial charge in [-0.05, 0) is 25.7 Å². The zero-order chi connectivity index (χ0) is 17.4. The average Bonchev–Trinajstić information content (AvgIpc) is 3.31. The maximum absolute atomic E-state index is 12.7. The molecule has 1 saturated carbocycles. The van der Waals surface area contributed by atoms with Crippen LogP contribution in [-0.4, -0.2) is 87.5 Å². The molecule has 138 valence electrons. The van der Waals surface area contributed by atoms with E-state index in [1.807, 2.05) is 4.90 Å². The summed E-state index contributed by atoms with van der Waals surface area (Å²) < 4.78 is 49.7. The van der Waals surface area contributed by atoms with Gasteiger partial charge in [0.05, 0.1) is 23.3 Å². The lowest BCUT2D eigenvalue weighted by molar-refractivity contribution is -0.122. The van der Waals surface area contributed by atoms with Crippen LogP contribution in [0.3, 0.4) is 0 Å². The summed E-state index contributed by atoms with van der Waals surface area (Å²) in [5, 5.41) is 2.34. The number of rotatable bonds is 5. The monoisotopic (exact) mass is 379 g/mol. The number of nitrogens with zero attached hydrogens (tertiary/aromatic N) is 2. The predicted molar refractivity (Wildman–Crippen MR) is 89.8 cm³/mol. The van der Waals surface area contributed by atoms with Gasteiger partial charge in [0, 0.05) is 32.2 Å². The molecule has 1 N–H and O–H groups in total. The maximum atomic E-state index is 12.7. The molecule has 3 rings (SSSR count). The number of nitrogens with one attached hydrogen (secondary N) is 1. The third-order valence-electron chi connectivity index (χ3n) is 4.92. The number of sulfone groups is 1. The first-order valence-electron chi connectivity index (χ1n) is 8.47. The van der Waals surface area contributed by atoms with Gasteiger partial charge < -0.3 is 5.32 Å². The summed E-state index contributed by atoms with van der Waals surface area (Å²) in [6.45, 7) is 2.10. The summed E-state index contributed by atoms with van der Waals surface area (Å²) in [7, 11) is -6.52. The van der Waals surface area contributed by atoms with Gasteiger partial charge in [-0.25, -0.2) is 16.8 Å². The number of piperazine rings is 1. The molecule has 0 aromatic rings. The summed E-state index contributed by atoms with van der Waals surface area (Å²) in [6, 6.07) is 0.335. The van der Waals surface area contributed by atoms with Crippen LogP contribution >= 0.6 is 0 Å². The van der Waals surface area contributed by atoms with E-state index in [2.05, 4.69) is 5.32 Å². The van der Waals surface area contributed by atoms with Crippen LogP contribution in [0.15, 0.2) is 0 Å². The van der Waals surface area contributed by atoms with E-state index in [-0.39, 0.29) is 30.3 Å². The van der Waals surface area contributed by atoms with Gasteiger partial charge in [-0.15, -0.1) is 0 Å². The molecular formula is C14H25N3O5S2. The van der Waals surface area contributed by atoms with Crippen molar-refractivity contribution in [3.05, 3.63) is 0 Å². The van der Waals surface area contributed by atoms with Crippen LogP contribution in [0.5, 0.6) is 0 Å². The SMILES string of the molecule is O=C(CN1CCN(S(=O)(=O)C2CCS(=O)(=O)CC2)CC1)NC1CC1. The second-order valence-corrected chi connectivity index (χ2v) is 11.4. The Labute approximate surface area is 143 Å². The Morgan fingerprint density at radius 1 is 1.00 bits per heavy atom. The molecule has 24 heavy (non-hydrogen) atoms. The minimum Gasteiger partial charge on any atom is -0.352 e. The molecule has 0 spiro atoms. The molecule has 2 heterocycles. The summed E-state index contributed by atoms with van der Waals surface area (Å²) in [5.74, 6) is -0.0811. The zero-order valence-corrected chi connectivity index (χ0v) is 15.3. The maximum Gasteiger partial charge on any atom is 0.234 e. The van der Waals surface area contributed by atoms with Gasteiger partial charge in [0.2, 0.25) is 15.9 Å². The Morgan fingerprint density at radius 3 is 2.12 bits per heavy atom. The Hall–Kier alpha value is -0.710. The second kappa shape index (κ2) is 6.89. The highest BCUT2D eigenvalue weighted by Crippen LogP contribution is 2.23. The molecule has 2 saturated heterocycles. The van der Waals surface area contributed by atoms with Gasteiger partial charge in [0.15, 0.2) is 0 Å². The van der Waals surface area contributed by atoms with Crippen LogP contribution in [0, 0.1) is 0 Å². The van der Waals surface area contributed by atoms with Gasteiger partial charge in [0.25, 0.3) is 0 Å². The van der Waals surface area contributed by atoms with Crippen LogP contribution in [0.4, 0.5) is 0 Å². The zero-order valence-electron chi connectivity index (χ0n) is 13.7. The molecule has 0 unspecified atom stereocenters. The fraction of sp³-hybridized carbons (Fsp3) is 0.929. The fourth-order valence-electron chi connectivity index (χ4n) is 3.22. The van der Waals surface area contributed by atoms with Crippen molar-refractivity contribution in [1.82, 2.24) is 14.5 Å². The molecule has 2 aliphatic heterocycles. The lowest BCUT2D eigenvalue weighted by Crippen LogP contribution is -2.53. The number of carbonyl (C=O) groups is 1. The number of amides is 1. The van der Waals surface area contributed by atoms with Crippen LogP contribution in [0.2, 0.25) is 0 Å². The lowest BCUT2D eigenvalue weighted by atomic mass is 10.2. The average molecular weight is 380 g/mol. The number of hydrogen-bond donors (Lipinski definition) is 1. The normalized spacial score (nSPS) is 27.0. The topological polar surface area (TPSA) is 104 Å². The Morgan fingerprint density at radius 2 is 1.58 bits per heavy atom. The van der Waals surface area contributed by atoms with Crippen LogP contribution in [0.1, 0.15) is 25.7 Å². The molecule has 3 fully saturated rings.